The van der Waals surface area contributed by atoms with Crippen molar-refractivity contribution in [1.82, 2.24) is 0 Å². The van der Waals surface area contributed by atoms with Gasteiger partial charge in [0, 0.05) is 0 Å². The molecule has 0 radical (unpaired) electrons. The third-order valence-electron chi connectivity index (χ3n) is 1.26. The van der Waals surface area contributed by atoms with E-state index < -0.39 is 14.0 Å². The van der Waals surface area contributed by atoms with Gasteiger partial charge in [0.05, 0.1) is 0 Å². The molecular weight excluding hydrogens is 191 g/mol. The molecule has 5 heteroatoms. The van der Waals surface area contributed by atoms with Crippen LogP contribution in [0.25, 0.3) is 0 Å². The van der Waals surface area contributed by atoms with Crippen LogP contribution in [-0.2, 0) is 6.16 Å². The molecule has 12 heavy (non-hydrogen) atoms. The molecule has 0 saturated carbocycles. The van der Waals surface area contributed by atoms with Crippen LogP contribution >= 0.6 is 7.85 Å². The monoisotopic (exact) mass is 198 g/mol. The molecular formula is C7H7F4P. The molecule has 1 aromatic rings. The van der Waals surface area contributed by atoms with Crippen molar-refractivity contribution in [2.75, 3.05) is 0 Å². The summed E-state index contributed by atoms with van der Waals surface area (Å²) in [7, 11) is -7.35. The zero-order chi connectivity index (χ0) is 9.27. The van der Waals surface area contributed by atoms with E-state index in [4.69, 9.17) is 0 Å². The fourth-order valence-corrected chi connectivity index (χ4v) is 1.62. The van der Waals surface area contributed by atoms with Gasteiger partial charge >= 0.3 is 66.7 Å². The molecule has 0 unspecified atom stereocenters. The predicted molar refractivity (Wildman–Crippen MR) is 41.5 cm³/mol. The van der Waals surface area contributed by atoms with Crippen molar-refractivity contribution in [3.05, 3.63) is 35.9 Å². The first kappa shape index (κ1) is 9.46. The van der Waals surface area contributed by atoms with Crippen LogP contribution in [0.3, 0.4) is 0 Å². The molecule has 0 spiro atoms. The van der Waals surface area contributed by atoms with Crippen LogP contribution in [-0.4, -0.2) is 0 Å². The van der Waals surface area contributed by atoms with Crippen molar-refractivity contribution in [1.29, 1.82) is 0 Å². The van der Waals surface area contributed by atoms with Gasteiger partial charge in [-0.15, -0.1) is 0 Å². The van der Waals surface area contributed by atoms with Gasteiger partial charge in [0.25, 0.3) is 0 Å². The Balaban J connectivity index is 2.79. The van der Waals surface area contributed by atoms with E-state index >= 15 is 0 Å². The third-order valence-corrected chi connectivity index (χ3v) is 2.11. The molecule has 68 valence electrons. The van der Waals surface area contributed by atoms with Crippen LogP contribution in [0.4, 0.5) is 16.8 Å². The van der Waals surface area contributed by atoms with Gasteiger partial charge in [-0.3, -0.25) is 0 Å². The van der Waals surface area contributed by atoms with Gasteiger partial charge in [0.15, 0.2) is 0 Å². The molecule has 0 aliphatic carbocycles. The molecule has 0 N–H and O–H groups in total. The summed E-state index contributed by atoms with van der Waals surface area (Å²) in [5.41, 5.74) is -0.0230. The van der Waals surface area contributed by atoms with Crippen molar-refractivity contribution < 1.29 is 16.8 Å². The van der Waals surface area contributed by atoms with Crippen LogP contribution in [0.2, 0.25) is 0 Å². The van der Waals surface area contributed by atoms with E-state index in [0.29, 0.717) is 0 Å². The van der Waals surface area contributed by atoms with Gasteiger partial charge in [-0.25, -0.2) is 0 Å². The molecule has 0 bridgehead atoms. The SMILES string of the molecule is FP(F)(F)(F)Cc1ccccc1. The summed E-state index contributed by atoms with van der Waals surface area (Å²) >= 11 is 0. The molecule has 0 fully saturated rings. The Hall–Kier alpha value is -0.630. The molecule has 1 rings (SSSR count). The number of benzene rings is 1. The maximum absolute atomic E-state index is 11.9. The van der Waals surface area contributed by atoms with Crippen molar-refractivity contribution in [3.63, 3.8) is 0 Å². The van der Waals surface area contributed by atoms with E-state index in [0.717, 1.165) is 0 Å². The number of hydrogen-bond donors (Lipinski definition) is 0. The first-order valence-electron chi connectivity index (χ1n) is 3.26. The summed E-state index contributed by atoms with van der Waals surface area (Å²) in [6, 6.07) is 7.03. The van der Waals surface area contributed by atoms with Crippen LogP contribution in [0, 0.1) is 0 Å². The van der Waals surface area contributed by atoms with E-state index in [2.05, 4.69) is 0 Å². The van der Waals surface area contributed by atoms with Crippen molar-refractivity contribution >= 4 is 7.85 Å². The van der Waals surface area contributed by atoms with Gasteiger partial charge in [-0.1, -0.05) is 0 Å². The average molecular weight is 198 g/mol. The van der Waals surface area contributed by atoms with Crippen LogP contribution in [0.5, 0.6) is 0 Å². The summed E-state index contributed by atoms with van der Waals surface area (Å²) in [5, 5.41) is 0. The molecule has 0 amide bonds. The zero-order valence-corrected chi connectivity index (χ0v) is 6.95. The van der Waals surface area contributed by atoms with E-state index in [9.17, 15) is 16.8 Å². The molecule has 0 heterocycles. The fraction of sp³-hybridized carbons (Fsp3) is 0.143. The van der Waals surface area contributed by atoms with Crippen LogP contribution in [0.15, 0.2) is 30.3 Å². The van der Waals surface area contributed by atoms with Crippen LogP contribution < -0.4 is 0 Å². The van der Waals surface area contributed by atoms with Crippen molar-refractivity contribution in [2.24, 2.45) is 0 Å². The molecule has 0 aromatic heterocycles. The van der Waals surface area contributed by atoms with E-state index in [1.807, 2.05) is 0 Å². The van der Waals surface area contributed by atoms with E-state index in [-0.39, 0.29) is 5.56 Å². The maximum atomic E-state index is 11.9. The van der Waals surface area contributed by atoms with Gasteiger partial charge in [-0.2, -0.15) is 0 Å². The number of halogens is 4. The Bertz CT molecular complexity index is 254. The Morgan fingerprint density at radius 1 is 0.917 bits per heavy atom. The van der Waals surface area contributed by atoms with Gasteiger partial charge in [-0.05, 0) is 0 Å². The first-order chi connectivity index (χ1) is 5.33. The summed E-state index contributed by atoms with van der Waals surface area (Å²) in [5.74, 6) is 0. The third kappa shape index (κ3) is 3.67. The summed E-state index contributed by atoms with van der Waals surface area (Å²) in [4.78, 5) is 0. The van der Waals surface area contributed by atoms with E-state index in [1.54, 1.807) is 6.07 Å². The topological polar surface area (TPSA) is 0 Å². The second-order valence-electron chi connectivity index (χ2n) is 2.51. The minimum atomic E-state index is -7.35. The second-order valence-corrected chi connectivity index (χ2v) is 4.54. The Morgan fingerprint density at radius 2 is 1.42 bits per heavy atom. The zero-order valence-electron chi connectivity index (χ0n) is 6.05. The Morgan fingerprint density at radius 3 is 1.83 bits per heavy atom. The standard InChI is InChI=1S/C7H7F4P/c8-12(9,10,11)6-7-4-2-1-3-5-7/h1-5H,6H2. The summed E-state index contributed by atoms with van der Waals surface area (Å²) in [6.45, 7) is 0. The molecule has 0 aliphatic rings. The Labute approximate surface area is 67.6 Å². The predicted octanol–water partition coefficient (Wildman–Crippen LogP) is 4.28. The molecule has 0 nitrogen and oxygen atoms in total. The van der Waals surface area contributed by atoms with Gasteiger partial charge < -0.3 is 0 Å². The first-order valence-corrected chi connectivity index (χ1v) is 5.24. The van der Waals surface area contributed by atoms with Crippen molar-refractivity contribution in [2.45, 2.75) is 6.16 Å². The van der Waals surface area contributed by atoms with Crippen LogP contribution in [0.1, 0.15) is 5.56 Å². The Kier molecular flexibility index (Phi) is 2.13. The average Bonchev–Trinajstić information content (AvgIpc) is 1.83. The fourth-order valence-electron chi connectivity index (χ4n) is 0.859. The quantitative estimate of drug-likeness (QED) is 0.491. The summed E-state index contributed by atoms with van der Waals surface area (Å²) in [6.07, 6.45) is -1.41. The second kappa shape index (κ2) is 2.70. The number of rotatable bonds is 2. The van der Waals surface area contributed by atoms with Gasteiger partial charge in [0.1, 0.15) is 0 Å². The molecule has 1 aromatic carbocycles. The minimum absolute atomic E-state index is 0.0230. The normalized spacial score (nSPS) is 15.2. The molecule has 0 saturated heterocycles. The summed E-state index contributed by atoms with van der Waals surface area (Å²) < 4.78 is 47.6. The van der Waals surface area contributed by atoms with E-state index in [1.165, 1.54) is 24.3 Å². The number of hydrogen-bond acceptors (Lipinski definition) is 0. The van der Waals surface area contributed by atoms with Gasteiger partial charge in [0.2, 0.25) is 0 Å². The van der Waals surface area contributed by atoms with Crippen molar-refractivity contribution in [3.8, 4) is 0 Å². The molecule has 0 atom stereocenters. The molecule has 0 aliphatic heterocycles.